The summed E-state index contributed by atoms with van der Waals surface area (Å²) >= 11 is 0. The van der Waals surface area contributed by atoms with Crippen molar-refractivity contribution in [2.45, 2.75) is 25.4 Å². The van der Waals surface area contributed by atoms with Gasteiger partial charge in [0.1, 0.15) is 11.3 Å². The number of hydrogen-bond donors (Lipinski definition) is 1. The van der Waals surface area contributed by atoms with Crippen LogP contribution < -0.4 is 20.2 Å². The number of benzene rings is 2. The van der Waals surface area contributed by atoms with Crippen LogP contribution in [0.1, 0.15) is 29.0 Å². The van der Waals surface area contributed by atoms with Crippen molar-refractivity contribution in [3.63, 3.8) is 0 Å². The number of fused-ring (bicyclic) bond motifs is 1. The van der Waals surface area contributed by atoms with E-state index in [1.807, 2.05) is 6.07 Å². The number of nitrogens with one attached hydrogen (secondary N) is 1. The molecule has 0 aliphatic carbocycles. The number of hydrogen-bond acceptors (Lipinski definition) is 6. The van der Waals surface area contributed by atoms with Crippen LogP contribution in [0.25, 0.3) is 11.0 Å². The van der Waals surface area contributed by atoms with E-state index in [0.717, 1.165) is 31.5 Å². The maximum Gasteiger partial charge on any atom is 0.287 e. The zero-order valence-electron chi connectivity index (χ0n) is 18.0. The van der Waals surface area contributed by atoms with E-state index in [2.05, 4.69) is 10.2 Å². The van der Waals surface area contributed by atoms with Crippen LogP contribution in [0.15, 0.2) is 51.7 Å². The summed E-state index contributed by atoms with van der Waals surface area (Å²) in [6.45, 7) is 2.15. The van der Waals surface area contributed by atoms with Crippen LogP contribution in [-0.2, 0) is 6.54 Å². The Balaban J connectivity index is 1.36. The molecule has 2 heterocycles. The Morgan fingerprint density at radius 2 is 1.91 bits per heavy atom. The second-order valence-electron chi connectivity index (χ2n) is 7.83. The standard InChI is InChI=1S/C24H25FN2O5/c1-30-17-4-5-18-20(28)13-23(32-22(18)12-17)24(29)26-16-7-9-27(10-8-16)14-15-3-6-21(31-2)19(25)11-15/h3-6,11-13,16H,7-10,14H2,1-2H3,(H,26,29). The van der Waals surface area contributed by atoms with Gasteiger partial charge in [0.25, 0.3) is 5.91 Å². The van der Waals surface area contributed by atoms with Gasteiger partial charge in [-0.1, -0.05) is 6.07 Å². The number of piperidine rings is 1. The summed E-state index contributed by atoms with van der Waals surface area (Å²) < 4.78 is 29.7. The number of carbonyl (C=O) groups is 1. The monoisotopic (exact) mass is 440 g/mol. The Hall–Kier alpha value is -3.39. The summed E-state index contributed by atoms with van der Waals surface area (Å²) in [5.41, 5.74) is 0.906. The van der Waals surface area contributed by atoms with Crippen LogP contribution in [0.3, 0.4) is 0 Å². The van der Waals surface area contributed by atoms with E-state index in [9.17, 15) is 14.0 Å². The minimum absolute atomic E-state index is 0.0214. The lowest BCUT2D eigenvalue weighted by Crippen LogP contribution is -2.44. The van der Waals surface area contributed by atoms with Gasteiger partial charge in [0.05, 0.1) is 19.6 Å². The topological polar surface area (TPSA) is 81.0 Å². The van der Waals surface area contributed by atoms with Crippen LogP contribution in [0.4, 0.5) is 4.39 Å². The van der Waals surface area contributed by atoms with Gasteiger partial charge in [-0.25, -0.2) is 4.39 Å². The summed E-state index contributed by atoms with van der Waals surface area (Å²) in [4.78, 5) is 27.3. The van der Waals surface area contributed by atoms with Crippen LogP contribution in [0.2, 0.25) is 0 Å². The number of halogens is 1. The van der Waals surface area contributed by atoms with Crippen molar-refractivity contribution in [3.05, 3.63) is 69.8 Å². The Morgan fingerprint density at radius 1 is 1.12 bits per heavy atom. The van der Waals surface area contributed by atoms with Crippen LogP contribution >= 0.6 is 0 Å². The second-order valence-corrected chi connectivity index (χ2v) is 7.83. The first-order chi connectivity index (χ1) is 15.5. The van der Waals surface area contributed by atoms with E-state index >= 15 is 0 Å². The molecular weight excluding hydrogens is 415 g/mol. The van der Waals surface area contributed by atoms with Crippen LogP contribution in [0.5, 0.6) is 11.5 Å². The molecule has 168 valence electrons. The zero-order chi connectivity index (χ0) is 22.7. The molecule has 7 nitrogen and oxygen atoms in total. The molecule has 32 heavy (non-hydrogen) atoms. The van der Waals surface area contributed by atoms with Crippen molar-refractivity contribution < 1.29 is 23.1 Å². The van der Waals surface area contributed by atoms with Crippen molar-refractivity contribution in [2.24, 2.45) is 0 Å². The number of rotatable bonds is 6. The number of amides is 1. The molecule has 1 N–H and O–H groups in total. The fourth-order valence-electron chi connectivity index (χ4n) is 3.93. The number of nitrogens with zero attached hydrogens (tertiary/aromatic N) is 1. The fraction of sp³-hybridized carbons (Fsp3) is 0.333. The Kier molecular flexibility index (Phi) is 6.41. The molecule has 0 saturated carbocycles. The number of likely N-dealkylation sites (tertiary alicyclic amines) is 1. The molecule has 0 spiro atoms. The highest BCUT2D eigenvalue weighted by Gasteiger charge is 2.23. The highest BCUT2D eigenvalue weighted by atomic mass is 19.1. The third kappa shape index (κ3) is 4.75. The molecule has 3 aromatic rings. The first kappa shape index (κ1) is 21.8. The molecule has 2 aromatic carbocycles. The number of carbonyl (C=O) groups excluding carboxylic acids is 1. The molecule has 4 rings (SSSR count). The lowest BCUT2D eigenvalue weighted by atomic mass is 10.0. The van der Waals surface area contributed by atoms with Gasteiger partial charge in [0, 0.05) is 37.8 Å². The van der Waals surface area contributed by atoms with Crippen LogP contribution in [0, 0.1) is 5.82 Å². The average Bonchev–Trinajstić information content (AvgIpc) is 2.80. The summed E-state index contributed by atoms with van der Waals surface area (Å²) in [7, 11) is 2.96. The second kappa shape index (κ2) is 9.40. The molecule has 1 aliphatic rings. The molecule has 0 radical (unpaired) electrons. The summed E-state index contributed by atoms with van der Waals surface area (Å²) in [6, 6.07) is 11.0. The van der Waals surface area contributed by atoms with Crippen molar-refractivity contribution in [1.29, 1.82) is 0 Å². The predicted octanol–water partition coefficient (Wildman–Crippen LogP) is 3.34. The molecule has 0 bridgehead atoms. The molecule has 0 atom stereocenters. The van der Waals surface area contributed by atoms with E-state index in [0.29, 0.717) is 23.3 Å². The van der Waals surface area contributed by atoms with Crippen molar-refractivity contribution in [1.82, 2.24) is 10.2 Å². The Morgan fingerprint density at radius 3 is 2.59 bits per heavy atom. The lowest BCUT2D eigenvalue weighted by Gasteiger charge is -2.32. The average molecular weight is 440 g/mol. The van der Waals surface area contributed by atoms with E-state index in [4.69, 9.17) is 13.9 Å². The molecule has 0 unspecified atom stereocenters. The Bertz CT molecular complexity index is 1180. The number of methoxy groups -OCH3 is 2. The van der Waals surface area contributed by atoms with Gasteiger partial charge in [0.15, 0.2) is 22.8 Å². The van der Waals surface area contributed by atoms with Gasteiger partial charge in [-0.2, -0.15) is 0 Å². The van der Waals surface area contributed by atoms with Gasteiger partial charge in [-0.3, -0.25) is 14.5 Å². The molecule has 1 aromatic heterocycles. The quantitative estimate of drug-likeness (QED) is 0.633. The summed E-state index contributed by atoms with van der Waals surface area (Å²) in [5.74, 6) is -0.0349. The minimum atomic E-state index is -0.414. The summed E-state index contributed by atoms with van der Waals surface area (Å²) in [5, 5.41) is 3.35. The lowest BCUT2D eigenvalue weighted by molar-refractivity contribution is 0.0881. The molecule has 1 saturated heterocycles. The van der Waals surface area contributed by atoms with E-state index in [-0.39, 0.29) is 28.8 Å². The third-order valence-electron chi connectivity index (χ3n) is 5.71. The van der Waals surface area contributed by atoms with Crippen molar-refractivity contribution in [2.75, 3.05) is 27.3 Å². The minimum Gasteiger partial charge on any atom is -0.497 e. The van der Waals surface area contributed by atoms with Gasteiger partial charge >= 0.3 is 0 Å². The third-order valence-corrected chi connectivity index (χ3v) is 5.71. The van der Waals surface area contributed by atoms with E-state index in [1.54, 1.807) is 24.3 Å². The van der Waals surface area contributed by atoms with Crippen LogP contribution in [-0.4, -0.2) is 44.2 Å². The number of ether oxygens (including phenoxy) is 2. The first-order valence-electron chi connectivity index (χ1n) is 10.4. The predicted molar refractivity (Wildman–Crippen MR) is 118 cm³/mol. The Labute approximate surface area is 184 Å². The molecule has 8 heteroatoms. The smallest absolute Gasteiger partial charge is 0.287 e. The van der Waals surface area contributed by atoms with E-state index < -0.39 is 5.91 Å². The first-order valence-corrected chi connectivity index (χ1v) is 10.4. The maximum atomic E-state index is 13.9. The fourth-order valence-corrected chi connectivity index (χ4v) is 3.93. The molecule has 1 amide bonds. The largest absolute Gasteiger partial charge is 0.497 e. The molecule has 1 aliphatic heterocycles. The maximum absolute atomic E-state index is 13.9. The SMILES string of the molecule is COc1ccc2c(=O)cc(C(=O)NC3CCN(Cc4ccc(OC)c(F)c4)CC3)oc2c1. The van der Waals surface area contributed by atoms with Gasteiger partial charge in [-0.15, -0.1) is 0 Å². The normalized spacial score (nSPS) is 15.0. The summed E-state index contributed by atoms with van der Waals surface area (Å²) in [6.07, 6.45) is 1.49. The molecular formula is C24H25FN2O5. The highest BCUT2D eigenvalue weighted by molar-refractivity contribution is 5.93. The zero-order valence-corrected chi connectivity index (χ0v) is 18.0. The van der Waals surface area contributed by atoms with Gasteiger partial charge in [-0.05, 0) is 42.7 Å². The highest BCUT2D eigenvalue weighted by Crippen LogP contribution is 2.21. The van der Waals surface area contributed by atoms with Gasteiger partial charge < -0.3 is 19.2 Å². The van der Waals surface area contributed by atoms with Gasteiger partial charge in [0.2, 0.25) is 0 Å². The molecule has 1 fully saturated rings. The van der Waals surface area contributed by atoms with Crippen molar-refractivity contribution in [3.8, 4) is 11.5 Å². The van der Waals surface area contributed by atoms with E-state index in [1.165, 1.54) is 26.4 Å². The van der Waals surface area contributed by atoms with Crippen molar-refractivity contribution >= 4 is 16.9 Å².